The number of hydrogen-bond donors (Lipinski definition) is 0. The number of aromatic nitrogens is 10. The summed E-state index contributed by atoms with van der Waals surface area (Å²) in [7, 11) is 0. The van der Waals surface area contributed by atoms with Crippen LogP contribution in [0.1, 0.15) is 0 Å². The van der Waals surface area contributed by atoms with Crippen molar-refractivity contribution in [3.05, 3.63) is 315 Å². The Labute approximate surface area is 622 Å². The molecule has 14 heteroatoms. The van der Waals surface area contributed by atoms with Crippen molar-refractivity contribution in [1.29, 1.82) is 0 Å². The first kappa shape index (κ1) is 61.6. The maximum absolute atomic E-state index is 5.56. The van der Waals surface area contributed by atoms with Crippen LogP contribution in [0.25, 0.3) is 217 Å². The number of benzene rings is 13. The lowest BCUT2D eigenvalue weighted by molar-refractivity contribution is 1.08. The van der Waals surface area contributed by atoms with Gasteiger partial charge >= 0.3 is 0 Å². The van der Waals surface area contributed by atoms with Crippen LogP contribution >= 0.6 is 45.3 Å². The molecule has 106 heavy (non-hydrogen) atoms. The third-order valence-corrected chi connectivity index (χ3v) is 24.4. The van der Waals surface area contributed by atoms with Gasteiger partial charge in [0.15, 0.2) is 46.6 Å². The zero-order valence-corrected chi connectivity index (χ0v) is 59.4. The predicted octanol–water partition coefficient (Wildman–Crippen LogP) is 25.1. The topological polar surface area (TPSA) is 129 Å². The van der Waals surface area contributed by atoms with Gasteiger partial charge in [-0.05, 0) is 52.6 Å². The molecular weight excluding hydrogens is 1370 g/mol. The molecule has 0 saturated heterocycles. The zero-order chi connectivity index (χ0) is 69.8. The number of thiophene rings is 4. The fourth-order valence-corrected chi connectivity index (χ4v) is 19.4. The van der Waals surface area contributed by atoms with E-state index in [1.165, 1.54) is 4.70 Å². The molecule has 0 aliphatic heterocycles. The smallest absolute Gasteiger partial charge is 0.164 e. The lowest BCUT2D eigenvalue weighted by atomic mass is 9.98. The van der Waals surface area contributed by atoms with Gasteiger partial charge in [-0.1, -0.05) is 285 Å². The minimum atomic E-state index is 0.586. The third kappa shape index (κ3) is 10.6. The quantitative estimate of drug-likeness (QED) is 0.117. The number of hydrogen-bond acceptors (Lipinski definition) is 14. The van der Waals surface area contributed by atoms with Crippen LogP contribution in [0.15, 0.2) is 315 Å². The van der Waals surface area contributed by atoms with Gasteiger partial charge in [0.25, 0.3) is 0 Å². The van der Waals surface area contributed by atoms with Crippen LogP contribution in [0.4, 0.5) is 0 Å². The van der Waals surface area contributed by atoms with E-state index in [9.17, 15) is 0 Å². The molecule has 0 spiro atoms. The Morgan fingerprint density at radius 2 is 0.453 bits per heavy atom. The van der Waals surface area contributed by atoms with Gasteiger partial charge in [0.2, 0.25) is 0 Å². The highest BCUT2D eigenvalue weighted by Crippen LogP contribution is 2.50. The Morgan fingerprint density at radius 1 is 0.170 bits per heavy atom. The molecule has 0 N–H and O–H groups in total. The highest BCUT2D eigenvalue weighted by atomic mass is 32.1. The SMILES string of the molecule is c1ccc(-c2nc(-c3ccccc3)nc(-c3cccc4sc5c(-c6nc(-c7ccc(-c8ccc(-c9cccc(-c%10nc(-c%11ccccc%11)nc(-c%11cccc%12sc%13c(-c%14nc(-c%15ccccc%15)nc%15c%14sc%14ccccc%14%15)cccc%13c%11%12)n%10)c9)cc8)cc7)nc7c6sc6ccccc67)cccc5c34)n2)cc1. The summed E-state index contributed by atoms with van der Waals surface area (Å²) in [4.78, 5) is 52.9. The molecular formula is C92H52N10S4. The molecule has 0 amide bonds. The van der Waals surface area contributed by atoms with Crippen molar-refractivity contribution in [1.82, 2.24) is 49.8 Å². The van der Waals surface area contributed by atoms with E-state index in [0.29, 0.717) is 46.6 Å². The van der Waals surface area contributed by atoms with Gasteiger partial charge in [-0.3, -0.25) is 0 Å². The maximum atomic E-state index is 5.56. The molecule has 0 aliphatic carbocycles. The normalized spacial score (nSPS) is 11.8. The fraction of sp³-hybridized carbons (Fsp3) is 0. The largest absolute Gasteiger partial charge is 0.226 e. The van der Waals surface area contributed by atoms with Gasteiger partial charge in [-0.15, -0.1) is 45.3 Å². The first-order chi connectivity index (χ1) is 52.5. The van der Waals surface area contributed by atoms with Crippen LogP contribution in [0.2, 0.25) is 0 Å². The minimum absolute atomic E-state index is 0.586. The van der Waals surface area contributed by atoms with Crippen LogP contribution in [-0.4, -0.2) is 49.8 Å². The Balaban J connectivity index is 0.612. The molecule has 0 radical (unpaired) electrons. The number of fused-ring (bicyclic) bond motifs is 12. The summed E-state index contributed by atoms with van der Waals surface area (Å²) in [5, 5.41) is 6.65. The fourth-order valence-electron chi connectivity index (χ4n) is 14.6. The summed E-state index contributed by atoms with van der Waals surface area (Å²) < 4.78 is 9.00. The molecule has 8 heterocycles. The van der Waals surface area contributed by atoms with Crippen molar-refractivity contribution in [3.63, 3.8) is 0 Å². The molecule has 10 nitrogen and oxygen atoms in total. The Morgan fingerprint density at radius 3 is 0.887 bits per heavy atom. The average molecular weight is 1430 g/mol. The Kier molecular flexibility index (Phi) is 14.8. The molecule has 0 unspecified atom stereocenters. The highest BCUT2D eigenvalue weighted by molar-refractivity contribution is 7.28. The van der Waals surface area contributed by atoms with Crippen molar-refractivity contribution in [3.8, 4) is 136 Å². The van der Waals surface area contributed by atoms with E-state index in [2.05, 4.69) is 218 Å². The van der Waals surface area contributed by atoms with E-state index in [0.717, 1.165) is 166 Å². The maximum Gasteiger partial charge on any atom is 0.164 e. The van der Waals surface area contributed by atoms with Crippen LogP contribution in [-0.2, 0) is 0 Å². The third-order valence-electron chi connectivity index (χ3n) is 19.7. The van der Waals surface area contributed by atoms with Crippen LogP contribution in [0.5, 0.6) is 0 Å². The Bertz CT molecular complexity index is 7000. The van der Waals surface area contributed by atoms with Crippen molar-refractivity contribution in [2.75, 3.05) is 0 Å². The van der Waals surface area contributed by atoms with E-state index in [4.69, 9.17) is 49.8 Å². The summed E-state index contributed by atoms with van der Waals surface area (Å²) in [5.74, 6) is 5.02. The van der Waals surface area contributed by atoms with Crippen LogP contribution < -0.4 is 0 Å². The molecule has 21 aromatic rings. The van der Waals surface area contributed by atoms with E-state index in [1.54, 1.807) is 45.3 Å². The average Bonchev–Trinajstić information content (AvgIpc) is 1.57. The minimum Gasteiger partial charge on any atom is -0.226 e. The van der Waals surface area contributed by atoms with Crippen LogP contribution in [0, 0.1) is 0 Å². The zero-order valence-electron chi connectivity index (χ0n) is 56.1. The van der Waals surface area contributed by atoms with E-state index in [1.807, 2.05) is 97.1 Å². The molecule has 21 rings (SSSR count). The molecule has 13 aromatic carbocycles. The van der Waals surface area contributed by atoms with Gasteiger partial charge in [0.1, 0.15) is 0 Å². The monoisotopic (exact) mass is 1420 g/mol. The van der Waals surface area contributed by atoms with Crippen molar-refractivity contribution < 1.29 is 0 Å². The van der Waals surface area contributed by atoms with Crippen LogP contribution in [0.3, 0.4) is 0 Å². The van der Waals surface area contributed by atoms with E-state index in [-0.39, 0.29) is 0 Å². The highest BCUT2D eigenvalue weighted by Gasteiger charge is 2.26. The van der Waals surface area contributed by atoms with Crippen molar-refractivity contribution >= 4 is 126 Å². The standard InChI is InChI=1S/C92H52N10S4/c1-5-22-56(23-6-1)85-93-77-63-32-13-15-40-71(63)103-83(77)79(95-85)69-38-18-35-66-76-68(37-21-43-74(76)106-81(66)69)92-101-89(59-28-11-4-12-29-59)98-90(102-92)62-31-17-30-61(52-62)55-46-44-53(45-47-55)54-48-50-60(51-49-54)86-94-78-64-33-14-16-41-72(64)104-84(78)80(96-86)70-39-19-34-65-75-67(36-20-42-73(75)105-82(65)70)91-99-87(57-24-7-2-8-25-57)97-88(100-91)58-26-9-3-10-27-58/h1-52H. The van der Waals surface area contributed by atoms with Crippen molar-refractivity contribution in [2.24, 2.45) is 0 Å². The van der Waals surface area contributed by atoms with E-state index < -0.39 is 0 Å². The second-order valence-electron chi connectivity index (χ2n) is 26.1. The molecule has 0 aliphatic rings. The van der Waals surface area contributed by atoms with Gasteiger partial charge < -0.3 is 0 Å². The number of nitrogens with zero attached hydrogens (tertiary/aromatic N) is 10. The summed E-state index contributed by atoms with van der Waals surface area (Å²) in [6.45, 7) is 0. The molecule has 494 valence electrons. The van der Waals surface area contributed by atoms with E-state index >= 15 is 0 Å². The number of rotatable bonds is 12. The van der Waals surface area contributed by atoms with Gasteiger partial charge in [0, 0.05) is 116 Å². The summed E-state index contributed by atoms with van der Waals surface area (Å²) in [6.07, 6.45) is 0. The first-order valence-electron chi connectivity index (χ1n) is 34.8. The summed E-state index contributed by atoms with van der Waals surface area (Å²) in [6, 6.07) is 110. The van der Waals surface area contributed by atoms with Crippen molar-refractivity contribution in [2.45, 2.75) is 0 Å². The molecule has 8 aromatic heterocycles. The summed E-state index contributed by atoms with van der Waals surface area (Å²) >= 11 is 7.03. The lowest BCUT2D eigenvalue weighted by Gasteiger charge is -2.11. The molecule has 0 fully saturated rings. The second kappa shape index (κ2) is 25.4. The predicted molar refractivity (Wildman–Crippen MR) is 441 cm³/mol. The summed E-state index contributed by atoms with van der Waals surface area (Å²) in [5.41, 5.74) is 17.6. The molecule has 0 atom stereocenters. The van der Waals surface area contributed by atoms with Gasteiger partial charge in [-0.2, -0.15) is 0 Å². The van der Waals surface area contributed by atoms with Gasteiger partial charge in [-0.25, -0.2) is 49.8 Å². The van der Waals surface area contributed by atoms with Gasteiger partial charge in [0.05, 0.1) is 31.8 Å². The molecule has 0 bridgehead atoms. The Hall–Kier alpha value is -13.1. The first-order valence-corrected chi connectivity index (χ1v) is 38.1. The molecule has 0 saturated carbocycles. The lowest BCUT2D eigenvalue weighted by Crippen LogP contribution is -2.00. The second-order valence-corrected chi connectivity index (χ2v) is 30.3.